The third kappa shape index (κ3) is 7.30. The SMILES string of the molecule is CCN(CCc1ccc(O)cc1)C(=O)c1cccc(C[C@@H](C)NC[C@@H](O)c2ccc(N)nc2)c1. The minimum atomic E-state index is -0.671. The molecule has 0 aliphatic rings. The van der Waals surface area contributed by atoms with Gasteiger partial charge in [-0.15, -0.1) is 0 Å². The summed E-state index contributed by atoms with van der Waals surface area (Å²) in [6, 6.07) is 18.4. The molecular weight excluding hydrogens is 428 g/mol. The van der Waals surface area contributed by atoms with Crippen LogP contribution in [0.25, 0.3) is 0 Å². The van der Waals surface area contributed by atoms with Crippen LogP contribution in [0.1, 0.15) is 47.0 Å². The van der Waals surface area contributed by atoms with Crippen LogP contribution in [0.15, 0.2) is 66.9 Å². The lowest BCUT2D eigenvalue weighted by atomic mass is 10.0. The molecule has 1 aromatic heterocycles. The van der Waals surface area contributed by atoms with Crippen LogP contribution in [0, 0.1) is 0 Å². The molecule has 0 aliphatic carbocycles. The number of rotatable bonds is 11. The van der Waals surface area contributed by atoms with Crippen molar-refractivity contribution >= 4 is 11.7 Å². The Morgan fingerprint density at radius 2 is 1.88 bits per heavy atom. The van der Waals surface area contributed by atoms with Crippen molar-refractivity contribution in [2.24, 2.45) is 0 Å². The third-order valence-electron chi connectivity index (χ3n) is 5.85. The first-order chi connectivity index (χ1) is 16.4. The molecular formula is C27H34N4O3. The molecule has 0 fully saturated rings. The monoisotopic (exact) mass is 462 g/mol. The van der Waals surface area contributed by atoms with Gasteiger partial charge in [0.25, 0.3) is 5.91 Å². The molecule has 0 bridgehead atoms. The molecule has 7 nitrogen and oxygen atoms in total. The number of aromatic nitrogens is 1. The average molecular weight is 463 g/mol. The molecule has 2 atom stereocenters. The van der Waals surface area contributed by atoms with Gasteiger partial charge in [-0.3, -0.25) is 4.79 Å². The zero-order chi connectivity index (χ0) is 24.5. The van der Waals surface area contributed by atoms with E-state index in [1.807, 2.05) is 48.2 Å². The molecule has 0 aliphatic heterocycles. The molecule has 2 aromatic carbocycles. The van der Waals surface area contributed by atoms with Gasteiger partial charge in [0.15, 0.2) is 0 Å². The van der Waals surface area contributed by atoms with Crippen molar-refractivity contribution in [2.45, 2.75) is 38.8 Å². The van der Waals surface area contributed by atoms with E-state index in [2.05, 4.69) is 17.2 Å². The third-order valence-corrected chi connectivity index (χ3v) is 5.85. The number of phenols is 1. The van der Waals surface area contributed by atoms with Crippen LogP contribution in [-0.4, -0.2) is 51.7 Å². The molecule has 34 heavy (non-hydrogen) atoms. The van der Waals surface area contributed by atoms with Gasteiger partial charge in [0.1, 0.15) is 11.6 Å². The zero-order valence-electron chi connectivity index (χ0n) is 19.8. The fourth-order valence-electron chi connectivity index (χ4n) is 3.81. The van der Waals surface area contributed by atoms with Crippen molar-refractivity contribution in [3.8, 4) is 5.75 Å². The number of likely N-dealkylation sites (N-methyl/N-ethyl adjacent to an activating group) is 1. The molecule has 3 aromatic rings. The number of nitrogen functional groups attached to an aromatic ring is 1. The van der Waals surface area contributed by atoms with E-state index < -0.39 is 6.10 Å². The highest BCUT2D eigenvalue weighted by molar-refractivity contribution is 5.94. The molecule has 5 N–H and O–H groups in total. The summed E-state index contributed by atoms with van der Waals surface area (Å²) in [5.74, 6) is 0.674. The molecule has 0 saturated heterocycles. The molecule has 1 heterocycles. The summed E-state index contributed by atoms with van der Waals surface area (Å²) in [4.78, 5) is 19.0. The van der Waals surface area contributed by atoms with Gasteiger partial charge in [-0.05, 0) is 68.1 Å². The molecule has 0 radical (unpaired) electrons. The zero-order valence-corrected chi connectivity index (χ0v) is 19.8. The molecule has 0 spiro atoms. The Balaban J connectivity index is 1.54. The number of carbonyl (C=O) groups excluding carboxylic acids is 1. The van der Waals surface area contributed by atoms with Gasteiger partial charge >= 0.3 is 0 Å². The Hall–Kier alpha value is -3.42. The maximum atomic E-state index is 13.1. The van der Waals surface area contributed by atoms with Crippen molar-refractivity contribution in [1.82, 2.24) is 15.2 Å². The second-order valence-corrected chi connectivity index (χ2v) is 8.55. The van der Waals surface area contributed by atoms with E-state index in [9.17, 15) is 15.0 Å². The number of carbonyl (C=O) groups is 1. The lowest BCUT2D eigenvalue weighted by Crippen LogP contribution is -2.33. The van der Waals surface area contributed by atoms with Gasteiger partial charge in [-0.25, -0.2) is 4.98 Å². The summed E-state index contributed by atoms with van der Waals surface area (Å²) in [5.41, 5.74) is 9.13. The number of amides is 1. The normalized spacial score (nSPS) is 12.8. The second kappa shape index (κ2) is 12.2. The molecule has 0 saturated carbocycles. The Morgan fingerprint density at radius 1 is 1.12 bits per heavy atom. The number of benzene rings is 2. The largest absolute Gasteiger partial charge is 0.508 e. The number of phenolic OH excluding ortho intramolecular Hbond substituents is 1. The molecule has 1 amide bonds. The minimum Gasteiger partial charge on any atom is -0.508 e. The van der Waals surface area contributed by atoms with Gasteiger partial charge in [0, 0.05) is 43.0 Å². The fourth-order valence-corrected chi connectivity index (χ4v) is 3.81. The molecule has 3 rings (SSSR count). The smallest absolute Gasteiger partial charge is 0.253 e. The van der Waals surface area contributed by atoms with Gasteiger partial charge in [-0.2, -0.15) is 0 Å². The van der Waals surface area contributed by atoms with Gasteiger partial charge < -0.3 is 26.2 Å². The van der Waals surface area contributed by atoms with Crippen LogP contribution >= 0.6 is 0 Å². The lowest BCUT2D eigenvalue weighted by molar-refractivity contribution is 0.0766. The van der Waals surface area contributed by atoms with Crippen LogP contribution in [0.5, 0.6) is 5.75 Å². The topological polar surface area (TPSA) is 112 Å². The fraction of sp³-hybridized carbons (Fsp3) is 0.333. The van der Waals surface area contributed by atoms with E-state index in [-0.39, 0.29) is 17.7 Å². The summed E-state index contributed by atoms with van der Waals surface area (Å²) in [6.07, 6.45) is 2.37. The van der Waals surface area contributed by atoms with Crippen molar-refractivity contribution in [3.05, 3.63) is 89.1 Å². The van der Waals surface area contributed by atoms with Crippen molar-refractivity contribution in [3.63, 3.8) is 0 Å². The van der Waals surface area contributed by atoms with Crippen molar-refractivity contribution in [2.75, 3.05) is 25.4 Å². The van der Waals surface area contributed by atoms with Gasteiger partial charge in [0.05, 0.1) is 6.10 Å². The molecule has 7 heteroatoms. The number of hydrogen-bond acceptors (Lipinski definition) is 6. The number of hydrogen-bond donors (Lipinski definition) is 4. The Kier molecular flexibility index (Phi) is 9.01. The number of aliphatic hydroxyl groups is 1. The molecule has 0 unspecified atom stereocenters. The van der Waals surface area contributed by atoms with E-state index >= 15 is 0 Å². The lowest BCUT2D eigenvalue weighted by Gasteiger charge is -2.22. The van der Waals surface area contributed by atoms with Crippen LogP contribution in [0.3, 0.4) is 0 Å². The van der Waals surface area contributed by atoms with E-state index in [0.717, 1.165) is 24.0 Å². The number of aromatic hydroxyl groups is 1. The highest BCUT2D eigenvalue weighted by atomic mass is 16.3. The number of anilines is 1. The van der Waals surface area contributed by atoms with E-state index in [1.54, 1.807) is 30.5 Å². The van der Waals surface area contributed by atoms with Crippen LogP contribution < -0.4 is 11.1 Å². The summed E-state index contributed by atoms with van der Waals surface area (Å²) in [5, 5.41) is 23.2. The Morgan fingerprint density at radius 3 is 2.56 bits per heavy atom. The predicted octanol–water partition coefficient (Wildman–Crippen LogP) is 3.33. The van der Waals surface area contributed by atoms with Crippen molar-refractivity contribution < 1.29 is 15.0 Å². The second-order valence-electron chi connectivity index (χ2n) is 8.55. The highest BCUT2D eigenvalue weighted by Gasteiger charge is 2.16. The average Bonchev–Trinajstić information content (AvgIpc) is 2.84. The first kappa shape index (κ1) is 25.2. The Bertz CT molecular complexity index is 1050. The maximum absolute atomic E-state index is 13.1. The maximum Gasteiger partial charge on any atom is 0.253 e. The minimum absolute atomic E-state index is 0.00927. The molecule has 180 valence electrons. The Labute approximate surface area is 201 Å². The standard InChI is InChI=1S/C27H34N4O3/c1-3-31(14-13-20-7-10-24(32)11-8-20)27(34)22-6-4-5-21(16-22)15-19(2)29-18-25(33)23-9-12-26(28)30-17-23/h4-12,16-17,19,25,29,32-33H,3,13-15,18H2,1-2H3,(H2,28,30)/t19-,25-/m1/s1. The van der Waals surface area contributed by atoms with Crippen LogP contribution in [0.4, 0.5) is 5.82 Å². The number of aliphatic hydroxyl groups excluding tert-OH is 1. The number of nitrogens with zero attached hydrogens (tertiary/aromatic N) is 2. The predicted molar refractivity (Wildman–Crippen MR) is 135 cm³/mol. The summed E-state index contributed by atoms with van der Waals surface area (Å²) in [7, 11) is 0. The van der Waals surface area contributed by atoms with E-state index in [4.69, 9.17) is 5.73 Å². The first-order valence-electron chi connectivity index (χ1n) is 11.6. The van der Waals surface area contributed by atoms with Crippen LogP contribution in [-0.2, 0) is 12.8 Å². The number of nitrogens with one attached hydrogen (secondary N) is 1. The highest BCUT2D eigenvalue weighted by Crippen LogP contribution is 2.15. The summed E-state index contributed by atoms with van der Waals surface area (Å²) in [6.45, 7) is 5.66. The summed E-state index contributed by atoms with van der Waals surface area (Å²) < 4.78 is 0. The van der Waals surface area contributed by atoms with E-state index in [0.29, 0.717) is 36.6 Å². The van der Waals surface area contributed by atoms with E-state index in [1.165, 1.54) is 0 Å². The van der Waals surface area contributed by atoms with Gasteiger partial charge in [0.2, 0.25) is 0 Å². The number of pyridine rings is 1. The summed E-state index contributed by atoms with van der Waals surface area (Å²) >= 11 is 0. The first-order valence-corrected chi connectivity index (χ1v) is 11.6. The van der Waals surface area contributed by atoms with Gasteiger partial charge in [-0.1, -0.05) is 30.3 Å². The quantitative estimate of drug-likeness (QED) is 0.348. The van der Waals surface area contributed by atoms with Crippen molar-refractivity contribution in [1.29, 1.82) is 0 Å². The number of nitrogens with two attached hydrogens (primary N) is 1. The van der Waals surface area contributed by atoms with Crippen LogP contribution in [0.2, 0.25) is 0 Å².